The number of hydrogen-bond acceptors (Lipinski definition) is 3. The molecule has 0 aliphatic carbocycles. The number of hydrogen-bond donors (Lipinski definition) is 1. The first-order valence-corrected chi connectivity index (χ1v) is 9.47. The fourth-order valence-corrected chi connectivity index (χ4v) is 4.48. The topological polar surface area (TPSA) is 41.6 Å². The molecule has 0 saturated carbocycles. The molecule has 136 valence electrons. The summed E-state index contributed by atoms with van der Waals surface area (Å²) in [5.41, 5.74) is 2.05. The van der Waals surface area contributed by atoms with Crippen molar-refractivity contribution in [2.75, 3.05) is 7.11 Å². The van der Waals surface area contributed by atoms with Crippen LogP contribution in [0.5, 0.6) is 5.75 Å². The Bertz CT molecular complexity index is 748. The van der Waals surface area contributed by atoms with Gasteiger partial charge in [-0.05, 0) is 49.4 Å². The number of carbonyl (C=O) groups is 1. The number of fused-ring (bicyclic) bond motifs is 2. The fraction of sp³-hybridized carbons (Fsp3) is 0.409. The third-order valence-corrected chi connectivity index (χ3v) is 5.76. The van der Waals surface area contributed by atoms with Gasteiger partial charge in [-0.2, -0.15) is 0 Å². The van der Waals surface area contributed by atoms with Crippen molar-refractivity contribution < 1.29 is 9.53 Å². The number of benzene rings is 2. The molecule has 2 aromatic rings. The highest BCUT2D eigenvalue weighted by atomic mass is 16.5. The van der Waals surface area contributed by atoms with Gasteiger partial charge in [0.05, 0.1) is 7.11 Å². The maximum Gasteiger partial charge on any atom is 0.251 e. The van der Waals surface area contributed by atoms with Gasteiger partial charge in [0.15, 0.2) is 0 Å². The number of methoxy groups -OCH3 is 1. The summed E-state index contributed by atoms with van der Waals surface area (Å²) in [7, 11) is 1.62. The van der Waals surface area contributed by atoms with Crippen LogP contribution in [-0.2, 0) is 6.54 Å². The van der Waals surface area contributed by atoms with Crippen molar-refractivity contribution in [3.8, 4) is 5.75 Å². The van der Waals surface area contributed by atoms with E-state index >= 15 is 0 Å². The van der Waals surface area contributed by atoms with Crippen molar-refractivity contribution in [1.82, 2.24) is 10.2 Å². The zero-order valence-electron chi connectivity index (χ0n) is 15.2. The minimum atomic E-state index is 0.00445. The molecule has 2 aromatic carbocycles. The van der Waals surface area contributed by atoms with Gasteiger partial charge < -0.3 is 10.1 Å². The summed E-state index contributed by atoms with van der Waals surface area (Å²) in [6.45, 7) is 1.02. The Morgan fingerprint density at radius 2 is 1.81 bits per heavy atom. The van der Waals surface area contributed by atoms with E-state index in [2.05, 4.69) is 40.5 Å². The molecule has 1 N–H and O–H groups in total. The molecule has 2 atom stereocenters. The SMILES string of the molecule is COc1cccc(C(=O)NC2C[C@H]3CC[C@H](C2)N3Cc2ccccc2)c1. The Balaban J connectivity index is 1.38. The first-order valence-electron chi connectivity index (χ1n) is 9.47. The fourth-order valence-electron chi connectivity index (χ4n) is 4.48. The maximum absolute atomic E-state index is 12.6. The van der Waals surface area contributed by atoms with Crippen molar-refractivity contribution >= 4 is 5.91 Å². The van der Waals surface area contributed by atoms with Crippen molar-refractivity contribution in [3.63, 3.8) is 0 Å². The number of rotatable bonds is 5. The van der Waals surface area contributed by atoms with E-state index in [1.807, 2.05) is 18.2 Å². The van der Waals surface area contributed by atoms with Gasteiger partial charge in [0.1, 0.15) is 5.75 Å². The molecular formula is C22H26N2O2. The van der Waals surface area contributed by atoms with Crippen LogP contribution >= 0.6 is 0 Å². The van der Waals surface area contributed by atoms with Crippen LogP contribution < -0.4 is 10.1 Å². The quantitative estimate of drug-likeness (QED) is 0.895. The van der Waals surface area contributed by atoms with Crippen LogP contribution in [0.1, 0.15) is 41.6 Å². The van der Waals surface area contributed by atoms with Crippen LogP contribution in [0.4, 0.5) is 0 Å². The Kier molecular flexibility index (Phi) is 4.93. The molecular weight excluding hydrogens is 324 g/mol. The molecule has 2 aliphatic rings. The molecule has 2 saturated heterocycles. The van der Waals surface area contributed by atoms with Crippen LogP contribution in [0.2, 0.25) is 0 Å². The van der Waals surface area contributed by atoms with E-state index in [0.29, 0.717) is 17.6 Å². The highest BCUT2D eigenvalue weighted by Crippen LogP contribution is 2.37. The third-order valence-electron chi connectivity index (χ3n) is 5.76. The number of nitrogens with zero attached hydrogens (tertiary/aromatic N) is 1. The molecule has 2 fully saturated rings. The standard InChI is InChI=1S/C22H26N2O2/c1-26-21-9-5-8-17(12-21)22(25)23-18-13-19-10-11-20(14-18)24(19)15-16-6-3-2-4-7-16/h2-9,12,18-20H,10-11,13-15H2,1H3,(H,23,25)/t19-,20-/m1/s1. The predicted molar refractivity (Wildman–Crippen MR) is 102 cm³/mol. The second-order valence-electron chi connectivity index (χ2n) is 7.42. The summed E-state index contributed by atoms with van der Waals surface area (Å²) in [6, 6.07) is 19.5. The average Bonchev–Trinajstić information content (AvgIpc) is 2.90. The lowest BCUT2D eigenvalue weighted by atomic mass is 9.96. The zero-order chi connectivity index (χ0) is 17.9. The molecule has 4 heteroatoms. The van der Waals surface area contributed by atoms with Crippen molar-refractivity contribution in [1.29, 1.82) is 0 Å². The number of ether oxygens (including phenoxy) is 1. The van der Waals surface area contributed by atoms with Crippen LogP contribution in [0, 0.1) is 0 Å². The summed E-state index contributed by atoms with van der Waals surface area (Å²) in [5, 5.41) is 3.25. The van der Waals surface area contributed by atoms with Gasteiger partial charge in [0.2, 0.25) is 0 Å². The lowest BCUT2D eigenvalue weighted by Crippen LogP contribution is -2.49. The second kappa shape index (κ2) is 7.50. The molecule has 1 amide bonds. The molecule has 2 bridgehead atoms. The van der Waals surface area contributed by atoms with Gasteiger partial charge in [-0.3, -0.25) is 9.69 Å². The lowest BCUT2D eigenvalue weighted by Gasteiger charge is -2.39. The minimum absolute atomic E-state index is 0.00445. The average molecular weight is 350 g/mol. The summed E-state index contributed by atoms with van der Waals surface area (Å²) in [6.07, 6.45) is 4.56. The Morgan fingerprint density at radius 1 is 1.08 bits per heavy atom. The van der Waals surface area contributed by atoms with E-state index in [-0.39, 0.29) is 11.9 Å². The Hall–Kier alpha value is -2.33. The van der Waals surface area contributed by atoms with E-state index in [4.69, 9.17) is 4.74 Å². The van der Waals surface area contributed by atoms with Crippen LogP contribution in [0.3, 0.4) is 0 Å². The maximum atomic E-state index is 12.6. The van der Waals surface area contributed by atoms with Gasteiger partial charge >= 0.3 is 0 Å². The lowest BCUT2D eigenvalue weighted by molar-refractivity contribution is 0.0827. The van der Waals surface area contributed by atoms with Gasteiger partial charge in [-0.15, -0.1) is 0 Å². The smallest absolute Gasteiger partial charge is 0.251 e. The van der Waals surface area contributed by atoms with Crippen LogP contribution in [0.25, 0.3) is 0 Å². The number of piperidine rings is 1. The van der Waals surface area contributed by atoms with E-state index in [1.165, 1.54) is 18.4 Å². The Labute approximate surface area is 155 Å². The highest BCUT2D eigenvalue weighted by molar-refractivity contribution is 5.94. The summed E-state index contributed by atoms with van der Waals surface area (Å²) < 4.78 is 5.22. The number of nitrogens with one attached hydrogen (secondary N) is 1. The zero-order valence-corrected chi connectivity index (χ0v) is 15.2. The molecule has 0 unspecified atom stereocenters. The molecule has 4 rings (SSSR count). The van der Waals surface area contributed by atoms with Gasteiger partial charge in [0, 0.05) is 30.2 Å². The largest absolute Gasteiger partial charge is 0.497 e. The molecule has 2 heterocycles. The summed E-state index contributed by atoms with van der Waals surface area (Å²) >= 11 is 0. The summed E-state index contributed by atoms with van der Waals surface area (Å²) in [4.78, 5) is 15.2. The second-order valence-corrected chi connectivity index (χ2v) is 7.42. The van der Waals surface area contributed by atoms with Crippen molar-refractivity contribution in [2.24, 2.45) is 0 Å². The molecule has 26 heavy (non-hydrogen) atoms. The molecule has 2 aliphatic heterocycles. The monoisotopic (exact) mass is 350 g/mol. The normalized spacial score (nSPS) is 25.0. The molecule has 0 radical (unpaired) electrons. The van der Waals surface area contributed by atoms with E-state index in [9.17, 15) is 4.79 Å². The van der Waals surface area contributed by atoms with E-state index in [0.717, 1.165) is 25.1 Å². The van der Waals surface area contributed by atoms with Crippen molar-refractivity contribution in [2.45, 2.75) is 50.4 Å². The third kappa shape index (κ3) is 3.61. The van der Waals surface area contributed by atoms with Crippen LogP contribution in [0.15, 0.2) is 54.6 Å². The predicted octanol–water partition coefficient (Wildman–Crippen LogP) is 3.62. The number of amides is 1. The first-order chi connectivity index (χ1) is 12.7. The van der Waals surface area contributed by atoms with E-state index < -0.39 is 0 Å². The first kappa shape index (κ1) is 17.1. The van der Waals surface area contributed by atoms with Crippen LogP contribution in [-0.4, -0.2) is 36.0 Å². The van der Waals surface area contributed by atoms with Gasteiger partial charge in [0.25, 0.3) is 5.91 Å². The summed E-state index contributed by atoms with van der Waals surface area (Å²) in [5.74, 6) is 0.722. The van der Waals surface area contributed by atoms with Gasteiger partial charge in [-0.25, -0.2) is 0 Å². The minimum Gasteiger partial charge on any atom is -0.497 e. The molecule has 0 aromatic heterocycles. The van der Waals surface area contributed by atoms with Gasteiger partial charge in [-0.1, -0.05) is 36.4 Å². The Morgan fingerprint density at radius 3 is 2.50 bits per heavy atom. The molecule has 0 spiro atoms. The van der Waals surface area contributed by atoms with E-state index in [1.54, 1.807) is 13.2 Å². The number of carbonyl (C=O) groups excluding carboxylic acids is 1. The van der Waals surface area contributed by atoms with Crippen molar-refractivity contribution in [3.05, 3.63) is 65.7 Å². The highest BCUT2D eigenvalue weighted by Gasteiger charge is 2.40. The molecule has 4 nitrogen and oxygen atoms in total.